The Labute approximate surface area is 363 Å². The lowest BCUT2D eigenvalue weighted by atomic mass is 9.85. The Kier molecular flexibility index (Phi) is 34.2. The van der Waals surface area contributed by atoms with E-state index in [0.29, 0.717) is 12.8 Å². The molecule has 0 heterocycles. The fourth-order valence-corrected chi connectivity index (χ4v) is 8.60. The van der Waals surface area contributed by atoms with Crippen LogP contribution in [0.25, 0.3) is 0 Å². The Morgan fingerprint density at radius 3 is 1.48 bits per heavy atom. The second kappa shape index (κ2) is 36.2. The quantitative estimate of drug-likeness (QED) is 0.0163. The van der Waals surface area contributed by atoms with Crippen LogP contribution < -0.4 is 5.32 Å². The predicted octanol–water partition coefficient (Wildman–Crippen LogP) is 7.98. The van der Waals surface area contributed by atoms with Crippen LogP contribution in [-0.4, -0.2) is 108 Å². The average molecular weight is 878 g/mol. The van der Waals surface area contributed by atoms with Gasteiger partial charge in [0.2, 0.25) is 5.91 Å². The topological polar surface area (TPSA) is 226 Å². The maximum absolute atomic E-state index is 13.0. The first-order valence-electron chi connectivity index (χ1n) is 23.9. The van der Waals surface area contributed by atoms with E-state index in [9.17, 15) is 50.0 Å². The van der Waals surface area contributed by atoms with Gasteiger partial charge in [-0.05, 0) is 44.9 Å². The summed E-state index contributed by atoms with van der Waals surface area (Å²) in [5.74, 6) is -0.568. The van der Waals surface area contributed by atoms with Crippen molar-refractivity contribution in [1.29, 1.82) is 0 Å². The molecule has 0 spiro atoms. The van der Waals surface area contributed by atoms with Gasteiger partial charge in [-0.2, -0.15) is 0 Å². The number of nitrogens with one attached hydrogen (secondary N) is 1. The molecule has 60 heavy (non-hydrogen) atoms. The number of hydrogen-bond acceptors (Lipinski definition) is 11. The zero-order chi connectivity index (χ0) is 44.4. The van der Waals surface area contributed by atoms with Crippen LogP contribution in [0.5, 0.6) is 0 Å². The van der Waals surface area contributed by atoms with Gasteiger partial charge in [0.05, 0.1) is 31.3 Å². The monoisotopic (exact) mass is 878 g/mol. The molecule has 1 saturated carbocycles. The second-order valence-electron chi connectivity index (χ2n) is 17.1. The minimum absolute atomic E-state index is 0.230. The van der Waals surface area contributed by atoms with Crippen molar-refractivity contribution in [2.75, 3.05) is 6.61 Å². The fraction of sp³-hybridized carbons (Fsp3) is 0.891. The van der Waals surface area contributed by atoms with Crippen LogP contribution in [-0.2, 0) is 18.4 Å². The summed E-state index contributed by atoms with van der Waals surface area (Å²) in [6.45, 7) is 3.76. The van der Waals surface area contributed by atoms with Crippen LogP contribution in [0.3, 0.4) is 0 Å². The molecule has 0 bridgehead atoms. The number of phosphoric ester groups is 1. The first kappa shape index (κ1) is 56.8. The standard InChI is InChI=1S/C46H88NO12P/c1-3-5-7-9-11-13-15-17-19-21-23-25-27-29-31-33-37(48)35-40(50)47-38(36-58-60(56,57)59-46-44(54)42(52)41(51)43(53)45(46)55)39(49)34-32-30-28-26-24-22-20-18-16-14-12-10-8-6-4-2/h11,13,17,19,37-39,41-46,48-49,51-55H,3-10,12,14-16,18,20-36H2,1-2H3,(H,47,50)(H,56,57)/b13-11-,19-17-. The van der Waals surface area contributed by atoms with Crippen molar-refractivity contribution in [2.45, 2.75) is 255 Å². The first-order valence-corrected chi connectivity index (χ1v) is 25.4. The molecule has 0 aromatic carbocycles. The zero-order valence-corrected chi connectivity index (χ0v) is 38.3. The highest BCUT2D eigenvalue weighted by atomic mass is 31.2. The number of carbonyl (C=O) groups excluding carboxylic acids is 1. The number of phosphoric acid groups is 1. The van der Waals surface area contributed by atoms with Gasteiger partial charge in [-0.25, -0.2) is 4.57 Å². The van der Waals surface area contributed by atoms with Crippen molar-refractivity contribution < 1.29 is 59.0 Å². The van der Waals surface area contributed by atoms with Crippen molar-refractivity contribution >= 4 is 13.7 Å². The normalized spacial score (nSPS) is 23.6. The molecule has 9 N–H and O–H groups in total. The van der Waals surface area contributed by atoms with Crippen molar-refractivity contribution in [2.24, 2.45) is 0 Å². The lowest BCUT2D eigenvalue weighted by Gasteiger charge is -2.41. The van der Waals surface area contributed by atoms with Crippen LogP contribution in [0.2, 0.25) is 0 Å². The van der Waals surface area contributed by atoms with Gasteiger partial charge in [-0.1, -0.05) is 173 Å². The molecule has 1 rings (SSSR count). The third kappa shape index (κ3) is 27.8. The number of hydrogen-bond donors (Lipinski definition) is 9. The molecule has 0 saturated heterocycles. The van der Waals surface area contributed by atoms with E-state index >= 15 is 0 Å². The van der Waals surface area contributed by atoms with Crippen LogP contribution in [0, 0.1) is 0 Å². The van der Waals surface area contributed by atoms with Crippen molar-refractivity contribution in [1.82, 2.24) is 5.32 Å². The summed E-state index contributed by atoms with van der Waals surface area (Å²) in [6.07, 6.45) is 25.0. The third-order valence-corrected chi connectivity index (χ3v) is 12.6. The predicted molar refractivity (Wildman–Crippen MR) is 238 cm³/mol. The molecule has 8 unspecified atom stereocenters. The van der Waals surface area contributed by atoms with Crippen molar-refractivity contribution in [3.63, 3.8) is 0 Å². The van der Waals surface area contributed by atoms with E-state index in [-0.39, 0.29) is 12.8 Å². The van der Waals surface area contributed by atoms with E-state index in [0.717, 1.165) is 77.0 Å². The smallest absolute Gasteiger partial charge is 0.393 e. The van der Waals surface area contributed by atoms with E-state index in [1.165, 1.54) is 83.5 Å². The minimum Gasteiger partial charge on any atom is -0.393 e. The Morgan fingerprint density at radius 2 is 0.983 bits per heavy atom. The van der Waals surface area contributed by atoms with Gasteiger partial charge in [0.15, 0.2) is 0 Å². The molecule has 14 heteroatoms. The highest BCUT2D eigenvalue weighted by Crippen LogP contribution is 2.47. The fourth-order valence-electron chi connectivity index (χ4n) is 7.63. The molecule has 1 fully saturated rings. The van der Waals surface area contributed by atoms with Gasteiger partial charge < -0.3 is 46.0 Å². The number of carbonyl (C=O) groups is 1. The molecule has 354 valence electrons. The molecule has 0 radical (unpaired) electrons. The Hall–Kier alpha value is -1.22. The lowest BCUT2D eigenvalue weighted by molar-refractivity contribution is -0.220. The number of aliphatic hydroxyl groups excluding tert-OH is 7. The van der Waals surface area contributed by atoms with Crippen molar-refractivity contribution in [3.05, 3.63) is 24.3 Å². The molecule has 1 amide bonds. The highest BCUT2D eigenvalue weighted by Gasteiger charge is 2.51. The van der Waals surface area contributed by atoms with Crippen LogP contribution >= 0.6 is 7.82 Å². The molecule has 1 aliphatic carbocycles. The van der Waals surface area contributed by atoms with E-state index in [1.807, 2.05) is 0 Å². The molecule has 8 atom stereocenters. The van der Waals surface area contributed by atoms with Gasteiger partial charge in [-0.3, -0.25) is 13.8 Å². The Morgan fingerprint density at radius 1 is 0.583 bits per heavy atom. The van der Waals surface area contributed by atoms with Gasteiger partial charge in [0.1, 0.15) is 36.6 Å². The van der Waals surface area contributed by atoms with Crippen LogP contribution in [0.4, 0.5) is 0 Å². The molecular formula is C46H88NO12P. The maximum Gasteiger partial charge on any atom is 0.472 e. The Balaban J connectivity index is 2.52. The minimum atomic E-state index is -5.12. The van der Waals surface area contributed by atoms with Crippen LogP contribution in [0.15, 0.2) is 24.3 Å². The number of aliphatic hydroxyl groups is 7. The molecule has 0 aromatic heterocycles. The second-order valence-corrected chi connectivity index (χ2v) is 18.6. The summed E-state index contributed by atoms with van der Waals surface area (Å²) >= 11 is 0. The number of unbranched alkanes of at least 4 members (excludes halogenated alkanes) is 22. The molecule has 0 aliphatic heterocycles. The SMILES string of the molecule is CCCCC/C=C\C/C=C\CCCCCCCC(O)CC(=O)NC(COP(=O)(O)OC1C(O)C(O)C(O)C(O)C1O)C(O)CCCCCCCCCCCCCCCCC. The zero-order valence-electron chi connectivity index (χ0n) is 37.4. The van der Waals surface area contributed by atoms with Gasteiger partial charge in [-0.15, -0.1) is 0 Å². The van der Waals surface area contributed by atoms with E-state index < -0.39 is 75.2 Å². The molecule has 1 aliphatic rings. The van der Waals surface area contributed by atoms with Crippen LogP contribution in [0.1, 0.15) is 200 Å². The summed E-state index contributed by atoms with van der Waals surface area (Å²) in [4.78, 5) is 23.5. The number of rotatable bonds is 39. The molecule has 13 nitrogen and oxygen atoms in total. The van der Waals surface area contributed by atoms with Crippen molar-refractivity contribution in [3.8, 4) is 0 Å². The van der Waals surface area contributed by atoms with E-state index in [1.54, 1.807) is 0 Å². The maximum atomic E-state index is 13.0. The van der Waals surface area contributed by atoms with E-state index in [4.69, 9.17) is 9.05 Å². The number of amides is 1. The largest absolute Gasteiger partial charge is 0.472 e. The summed E-state index contributed by atoms with van der Waals surface area (Å²) in [6, 6.07) is -1.16. The molecule has 0 aromatic rings. The Bertz CT molecular complexity index is 1130. The van der Waals surface area contributed by atoms with Gasteiger partial charge >= 0.3 is 7.82 Å². The third-order valence-electron chi connectivity index (χ3n) is 11.6. The summed E-state index contributed by atoms with van der Waals surface area (Å²) in [5.41, 5.74) is 0. The lowest BCUT2D eigenvalue weighted by Crippen LogP contribution is -2.64. The number of allylic oxidation sites excluding steroid dienone is 4. The van der Waals surface area contributed by atoms with Gasteiger partial charge in [0.25, 0.3) is 0 Å². The summed E-state index contributed by atoms with van der Waals surface area (Å²) < 4.78 is 22.9. The summed E-state index contributed by atoms with van der Waals surface area (Å²) in [5, 5.41) is 74.6. The van der Waals surface area contributed by atoms with Gasteiger partial charge in [0, 0.05) is 0 Å². The average Bonchev–Trinajstić information content (AvgIpc) is 3.22. The summed E-state index contributed by atoms with van der Waals surface area (Å²) in [7, 11) is -5.12. The highest BCUT2D eigenvalue weighted by molar-refractivity contribution is 7.47. The molecular weight excluding hydrogens is 789 g/mol. The van der Waals surface area contributed by atoms with E-state index in [2.05, 4.69) is 43.5 Å². The first-order chi connectivity index (χ1) is 28.8.